The van der Waals surface area contributed by atoms with Crippen molar-refractivity contribution in [3.05, 3.63) is 53.6 Å². The molecule has 1 heteroatoms. The molecule has 0 aromatic heterocycles. The zero-order valence-electron chi connectivity index (χ0n) is 8.53. The summed E-state index contributed by atoms with van der Waals surface area (Å²) in [5, 5.41) is 0. The van der Waals surface area contributed by atoms with Crippen LogP contribution in [0.3, 0.4) is 0 Å². The molecule has 72 valence electrons. The highest BCUT2D eigenvalue weighted by molar-refractivity contribution is 5.88. The van der Waals surface area contributed by atoms with Gasteiger partial charge in [-0.3, -0.25) is 4.79 Å². The van der Waals surface area contributed by atoms with E-state index in [2.05, 4.69) is 0 Å². The molecule has 0 spiro atoms. The molecule has 1 aromatic rings. The van der Waals surface area contributed by atoms with Crippen LogP contribution in [0.5, 0.6) is 0 Å². The van der Waals surface area contributed by atoms with Crippen LogP contribution in [-0.2, 0) is 4.79 Å². The van der Waals surface area contributed by atoms with Crippen LogP contribution in [-0.4, -0.2) is 5.78 Å². The molecule has 0 saturated carbocycles. The fraction of sp³-hybridized carbons (Fsp3) is 0.154. The Kier molecular flexibility index (Phi) is 3.86. The topological polar surface area (TPSA) is 17.1 Å². The van der Waals surface area contributed by atoms with Gasteiger partial charge in [0.2, 0.25) is 0 Å². The molecule has 1 aromatic carbocycles. The fourth-order valence-corrected chi connectivity index (χ4v) is 1.16. The predicted molar refractivity (Wildman–Crippen MR) is 59.9 cm³/mol. The van der Waals surface area contributed by atoms with Gasteiger partial charge in [0.05, 0.1) is 0 Å². The van der Waals surface area contributed by atoms with Crippen LogP contribution < -0.4 is 0 Å². The van der Waals surface area contributed by atoms with Crippen LogP contribution in [0.4, 0.5) is 0 Å². The Morgan fingerprint density at radius 2 is 1.79 bits per heavy atom. The van der Waals surface area contributed by atoms with Crippen molar-refractivity contribution < 1.29 is 4.79 Å². The van der Waals surface area contributed by atoms with Gasteiger partial charge in [0.15, 0.2) is 5.78 Å². The van der Waals surface area contributed by atoms with E-state index < -0.39 is 0 Å². The third-order valence-electron chi connectivity index (χ3n) is 1.77. The van der Waals surface area contributed by atoms with Crippen LogP contribution >= 0.6 is 0 Å². The third kappa shape index (κ3) is 3.85. The molecule has 0 radical (unpaired) electrons. The van der Waals surface area contributed by atoms with Crippen LogP contribution in [0.15, 0.2) is 48.1 Å². The van der Waals surface area contributed by atoms with E-state index in [1.165, 1.54) is 0 Å². The van der Waals surface area contributed by atoms with E-state index in [1.54, 1.807) is 13.0 Å². The van der Waals surface area contributed by atoms with E-state index in [0.717, 1.165) is 11.1 Å². The Balaban J connectivity index is 2.70. The van der Waals surface area contributed by atoms with E-state index in [0.29, 0.717) is 0 Å². The van der Waals surface area contributed by atoms with Gasteiger partial charge in [0, 0.05) is 0 Å². The average molecular weight is 186 g/mol. The molecule has 1 nitrogen and oxygen atoms in total. The zero-order chi connectivity index (χ0) is 10.4. The molecule has 1 rings (SSSR count). The van der Waals surface area contributed by atoms with Crippen LogP contribution in [0, 0.1) is 0 Å². The number of benzene rings is 1. The lowest BCUT2D eigenvalue weighted by Gasteiger charge is -1.92. The molecule has 14 heavy (non-hydrogen) atoms. The molecule has 0 fully saturated rings. The quantitative estimate of drug-likeness (QED) is 0.523. The van der Waals surface area contributed by atoms with Gasteiger partial charge in [0.1, 0.15) is 0 Å². The molecule has 0 bridgehead atoms. The first-order valence-electron chi connectivity index (χ1n) is 4.60. The molecule has 0 saturated heterocycles. The Morgan fingerprint density at radius 3 is 2.36 bits per heavy atom. The van der Waals surface area contributed by atoms with Crippen molar-refractivity contribution in [3.8, 4) is 0 Å². The van der Waals surface area contributed by atoms with Crippen LogP contribution in [0.1, 0.15) is 19.4 Å². The predicted octanol–water partition coefficient (Wildman–Crippen LogP) is 3.24. The minimum absolute atomic E-state index is 0.0835. The van der Waals surface area contributed by atoms with E-state index in [-0.39, 0.29) is 5.78 Å². The summed E-state index contributed by atoms with van der Waals surface area (Å²) < 4.78 is 0. The molecule has 0 amide bonds. The monoisotopic (exact) mass is 186 g/mol. The van der Waals surface area contributed by atoms with Gasteiger partial charge in [-0.15, -0.1) is 0 Å². The van der Waals surface area contributed by atoms with Gasteiger partial charge in [0.25, 0.3) is 0 Å². The van der Waals surface area contributed by atoms with Crippen molar-refractivity contribution in [3.63, 3.8) is 0 Å². The molecule has 0 N–H and O–H groups in total. The summed E-state index contributed by atoms with van der Waals surface area (Å²) in [6, 6.07) is 10.0. The van der Waals surface area contributed by atoms with Gasteiger partial charge in [-0.1, -0.05) is 42.5 Å². The summed E-state index contributed by atoms with van der Waals surface area (Å²) >= 11 is 0. The van der Waals surface area contributed by atoms with Gasteiger partial charge in [-0.05, 0) is 31.1 Å². The van der Waals surface area contributed by atoms with Crippen molar-refractivity contribution in [1.29, 1.82) is 0 Å². The molecule has 0 aliphatic heterocycles. The summed E-state index contributed by atoms with van der Waals surface area (Å²) in [4.78, 5) is 10.8. The highest BCUT2D eigenvalue weighted by Crippen LogP contribution is 2.04. The minimum atomic E-state index is 0.0835. The minimum Gasteiger partial charge on any atom is -0.295 e. The normalized spacial score (nSPS) is 12.0. The Hall–Kier alpha value is -1.63. The fourth-order valence-electron chi connectivity index (χ4n) is 1.16. The van der Waals surface area contributed by atoms with Gasteiger partial charge >= 0.3 is 0 Å². The second-order valence-electron chi connectivity index (χ2n) is 3.24. The zero-order valence-corrected chi connectivity index (χ0v) is 8.53. The lowest BCUT2D eigenvalue weighted by molar-refractivity contribution is -0.112. The molecule has 0 heterocycles. The molecule has 0 unspecified atom stereocenters. The number of ketones is 1. The van der Waals surface area contributed by atoms with Crippen molar-refractivity contribution >= 4 is 11.9 Å². The van der Waals surface area contributed by atoms with E-state index in [4.69, 9.17) is 0 Å². The van der Waals surface area contributed by atoms with E-state index in [9.17, 15) is 4.79 Å². The number of carbonyl (C=O) groups is 1. The highest BCUT2D eigenvalue weighted by Gasteiger charge is 1.87. The third-order valence-corrected chi connectivity index (χ3v) is 1.77. The van der Waals surface area contributed by atoms with Crippen molar-refractivity contribution in [2.75, 3.05) is 0 Å². The molecular weight excluding hydrogens is 172 g/mol. The van der Waals surface area contributed by atoms with Gasteiger partial charge in [-0.25, -0.2) is 0 Å². The number of rotatable bonds is 3. The largest absolute Gasteiger partial charge is 0.295 e. The van der Waals surface area contributed by atoms with Crippen molar-refractivity contribution in [1.82, 2.24) is 0 Å². The number of hydrogen-bond acceptors (Lipinski definition) is 1. The molecular formula is C13H14O. The SMILES string of the molecule is CC(=O)C=C(C)C=Cc1ccccc1. The maximum absolute atomic E-state index is 10.8. The second kappa shape index (κ2) is 5.18. The smallest absolute Gasteiger partial charge is 0.152 e. The number of hydrogen-bond donors (Lipinski definition) is 0. The maximum atomic E-state index is 10.8. The Labute approximate surface area is 84.8 Å². The first-order valence-corrected chi connectivity index (χ1v) is 4.60. The average Bonchev–Trinajstić information content (AvgIpc) is 2.15. The van der Waals surface area contributed by atoms with Crippen molar-refractivity contribution in [2.45, 2.75) is 13.8 Å². The second-order valence-corrected chi connectivity index (χ2v) is 3.24. The summed E-state index contributed by atoms with van der Waals surface area (Å²) in [5.74, 6) is 0.0835. The molecule has 0 aliphatic rings. The summed E-state index contributed by atoms with van der Waals surface area (Å²) in [6.07, 6.45) is 5.56. The number of allylic oxidation sites excluding steroid dienone is 3. The van der Waals surface area contributed by atoms with Gasteiger partial charge in [-0.2, -0.15) is 0 Å². The van der Waals surface area contributed by atoms with Crippen LogP contribution in [0.25, 0.3) is 6.08 Å². The molecule has 0 aliphatic carbocycles. The summed E-state index contributed by atoms with van der Waals surface area (Å²) in [6.45, 7) is 3.47. The standard InChI is InChI=1S/C13H14O/c1-11(10-12(2)14)8-9-13-6-4-3-5-7-13/h3-10H,1-2H3. The first kappa shape index (κ1) is 10.5. The maximum Gasteiger partial charge on any atom is 0.152 e. The Morgan fingerprint density at radius 1 is 1.14 bits per heavy atom. The van der Waals surface area contributed by atoms with Gasteiger partial charge < -0.3 is 0 Å². The molecule has 0 atom stereocenters. The van der Waals surface area contributed by atoms with Crippen LogP contribution in [0.2, 0.25) is 0 Å². The lowest BCUT2D eigenvalue weighted by atomic mass is 10.1. The van der Waals surface area contributed by atoms with Crippen molar-refractivity contribution in [2.24, 2.45) is 0 Å². The lowest BCUT2D eigenvalue weighted by Crippen LogP contribution is -1.82. The summed E-state index contributed by atoms with van der Waals surface area (Å²) in [5.41, 5.74) is 2.12. The first-order chi connectivity index (χ1) is 6.68. The van der Waals surface area contributed by atoms with E-state index >= 15 is 0 Å². The summed E-state index contributed by atoms with van der Waals surface area (Å²) in [7, 11) is 0. The Bertz CT molecular complexity index is 358. The van der Waals surface area contributed by atoms with E-state index in [1.807, 2.05) is 49.4 Å². The highest BCUT2D eigenvalue weighted by atomic mass is 16.1. The number of carbonyl (C=O) groups excluding carboxylic acids is 1.